The van der Waals surface area contributed by atoms with Crippen LogP contribution in [0.15, 0.2) is 29.0 Å². The van der Waals surface area contributed by atoms with E-state index in [1.54, 1.807) is 18.1 Å². The molecule has 0 unspecified atom stereocenters. The van der Waals surface area contributed by atoms with Gasteiger partial charge in [-0.1, -0.05) is 0 Å². The van der Waals surface area contributed by atoms with E-state index in [1.165, 1.54) is 0 Å². The number of aromatic nitrogens is 3. The molecular formula is C10H10BrN3O. The lowest BCUT2D eigenvalue weighted by atomic mass is 10.3. The van der Waals surface area contributed by atoms with Gasteiger partial charge in [0.15, 0.2) is 0 Å². The predicted octanol–water partition coefficient (Wildman–Crippen LogP) is 2.35. The van der Waals surface area contributed by atoms with Crippen LogP contribution >= 0.6 is 15.9 Å². The zero-order valence-corrected chi connectivity index (χ0v) is 10.0. The van der Waals surface area contributed by atoms with Crippen LogP contribution in [-0.4, -0.2) is 21.9 Å². The largest absolute Gasteiger partial charge is 0.496 e. The second kappa shape index (κ2) is 4.02. The average molecular weight is 268 g/mol. The summed E-state index contributed by atoms with van der Waals surface area (Å²) in [6.45, 7) is 1.86. The van der Waals surface area contributed by atoms with Crippen molar-refractivity contribution in [1.29, 1.82) is 0 Å². The minimum atomic E-state index is 0.752. The molecule has 0 saturated carbocycles. The molecule has 0 atom stereocenters. The SMILES string of the molecule is COc1ccc(-n2cnc(C)n2)cc1Br. The minimum absolute atomic E-state index is 0.752. The van der Waals surface area contributed by atoms with Crippen molar-refractivity contribution in [1.82, 2.24) is 14.8 Å². The van der Waals surface area contributed by atoms with E-state index in [0.29, 0.717) is 0 Å². The fourth-order valence-electron chi connectivity index (χ4n) is 1.27. The van der Waals surface area contributed by atoms with Crippen LogP contribution in [-0.2, 0) is 0 Å². The Bertz CT molecular complexity index is 481. The lowest BCUT2D eigenvalue weighted by molar-refractivity contribution is 0.412. The summed E-state index contributed by atoms with van der Waals surface area (Å²) < 4.78 is 7.77. The first kappa shape index (κ1) is 10.2. The normalized spacial score (nSPS) is 10.3. The maximum atomic E-state index is 5.15. The lowest BCUT2D eigenvalue weighted by Crippen LogP contribution is -1.95. The molecule has 5 heteroatoms. The number of halogens is 1. The summed E-state index contributed by atoms with van der Waals surface area (Å²) in [6, 6.07) is 5.75. The average Bonchev–Trinajstić information content (AvgIpc) is 2.65. The summed E-state index contributed by atoms with van der Waals surface area (Å²) in [4.78, 5) is 4.07. The minimum Gasteiger partial charge on any atom is -0.496 e. The van der Waals surface area contributed by atoms with Gasteiger partial charge in [0.25, 0.3) is 0 Å². The van der Waals surface area contributed by atoms with Crippen molar-refractivity contribution in [3.8, 4) is 11.4 Å². The van der Waals surface area contributed by atoms with E-state index in [1.807, 2.05) is 25.1 Å². The van der Waals surface area contributed by atoms with Crippen molar-refractivity contribution in [2.45, 2.75) is 6.92 Å². The molecular weight excluding hydrogens is 258 g/mol. The highest BCUT2D eigenvalue weighted by atomic mass is 79.9. The molecule has 1 aromatic heterocycles. The van der Waals surface area contributed by atoms with Crippen LogP contribution in [0.2, 0.25) is 0 Å². The van der Waals surface area contributed by atoms with Crippen molar-refractivity contribution in [3.05, 3.63) is 34.8 Å². The third-order valence-corrected chi connectivity index (χ3v) is 2.63. The van der Waals surface area contributed by atoms with Crippen molar-refractivity contribution in [2.24, 2.45) is 0 Å². The van der Waals surface area contributed by atoms with Gasteiger partial charge in [0, 0.05) is 0 Å². The molecule has 0 spiro atoms. The molecule has 0 aliphatic carbocycles. The van der Waals surface area contributed by atoms with Gasteiger partial charge in [-0.15, -0.1) is 0 Å². The maximum absolute atomic E-state index is 5.15. The van der Waals surface area contributed by atoms with Crippen molar-refractivity contribution in [2.75, 3.05) is 7.11 Å². The van der Waals surface area contributed by atoms with E-state index >= 15 is 0 Å². The zero-order chi connectivity index (χ0) is 10.8. The van der Waals surface area contributed by atoms with Crippen LogP contribution < -0.4 is 4.74 Å². The van der Waals surface area contributed by atoms with E-state index in [-0.39, 0.29) is 0 Å². The molecule has 78 valence electrons. The lowest BCUT2D eigenvalue weighted by Gasteiger charge is -2.05. The van der Waals surface area contributed by atoms with Gasteiger partial charge in [-0.05, 0) is 41.1 Å². The number of rotatable bonds is 2. The smallest absolute Gasteiger partial charge is 0.147 e. The first-order valence-corrected chi connectivity index (χ1v) is 5.22. The number of benzene rings is 1. The van der Waals surface area contributed by atoms with E-state index in [9.17, 15) is 0 Å². The molecule has 0 radical (unpaired) electrons. The molecule has 0 amide bonds. The molecule has 0 aliphatic rings. The Morgan fingerprint density at radius 1 is 1.40 bits per heavy atom. The topological polar surface area (TPSA) is 39.9 Å². The van der Waals surface area contributed by atoms with E-state index < -0.39 is 0 Å². The Balaban J connectivity index is 2.42. The standard InChI is InChI=1S/C10H10BrN3O/c1-7-12-6-14(13-7)8-3-4-10(15-2)9(11)5-8/h3-6H,1-2H3. The second-order valence-corrected chi connectivity index (χ2v) is 3.91. The van der Waals surface area contributed by atoms with Crippen LogP contribution in [0.4, 0.5) is 0 Å². The fourth-order valence-corrected chi connectivity index (χ4v) is 1.80. The van der Waals surface area contributed by atoms with Crippen LogP contribution in [0.1, 0.15) is 5.82 Å². The number of hydrogen-bond acceptors (Lipinski definition) is 3. The monoisotopic (exact) mass is 267 g/mol. The summed E-state index contributed by atoms with van der Waals surface area (Å²) in [6.07, 6.45) is 1.68. The molecule has 2 aromatic rings. The highest BCUT2D eigenvalue weighted by molar-refractivity contribution is 9.10. The highest BCUT2D eigenvalue weighted by Gasteiger charge is 2.03. The maximum Gasteiger partial charge on any atom is 0.147 e. The highest BCUT2D eigenvalue weighted by Crippen LogP contribution is 2.26. The Kier molecular flexibility index (Phi) is 2.73. The van der Waals surface area contributed by atoms with E-state index in [4.69, 9.17) is 4.74 Å². The molecule has 0 bridgehead atoms. The van der Waals surface area contributed by atoms with Gasteiger partial charge in [-0.25, -0.2) is 9.67 Å². The van der Waals surface area contributed by atoms with E-state index in [0.717, 1.165) is 21.7 Å². The molecule has 4 nitrogen and oxygen atoms in total. The molecule has 0 N–H and O–H groups in total. The van der Waals surface area contributed by atoms with Crippen LogP contribution in [0, 0.1) is 6.92 Å². The van der Waals surface area contributed by atoms with Gasteiger partial charge in [0.05, 0.1) is 17.3 Å². The van der Waals surface area contributed by atoms with Gasteiger partial charge >= 0.3 is 0 Å². The summed E-state index contributed by atoms with van der Waals surface area (Å²) in [7, 11) is 1.64. The molecule has 1 aromatic carbocycles. The van der Waals surface area contributed by atoms with Gasteiger partial charge in [0.1, 0.15) is 17.9 Å². The predicted molar refractivity (Wildman–Crippen MR) is 60.3 cm³/mol. The van der Waals surface area contributed by atoms with E-state index in [2.05, 4.69) is 26.0 Å². The quantitative estimate of drug-likeness (QED) is 0.839. The van der Waals surface area contributed by atoms with Crippen LogP contribution in [0.5, 0.6) is 5.75 Å². The van der Waals surface area contributed by atoms with Gasteiger partial charge in [-0.2, -0.15) is 5.10 Å². The summed E-state index contributed by atoms with van der Waals surface area (Å²) in [5.41, 5.74) is 0.947. The zero-order valence-electron chi connectivity index (χ0n) is 8.44. The summed E-state index contributed by atoms with van der Waals surface area (Å²) in [5.74, 6) is 1.55. The first-order valence-electron chi connectivity index (χ1n) is 4.43. The number of methoxy groups -OCH3 is 1. The van der Waals surface area contributed by atoms with Crippen LogP contribution in [0.3, 0.4) is 0 Å². The molecule has 0 fully saturated rings. The summed E-state index contributed by atoms with van der Waals surface area (Å²) >= 11 is 3.42. The number of ether oxygens (including phenoxy) is 1. The Labute approximate surface area is 96.0 Å². The molecule has 15 heavy (non-hydrogen) atoms. The Morgan fingerprint density at radius 2 is 2.20 bits per heavy atom. The van der Waals surface area contributed by atoms with Crippen molar-refractivity contribution in [3.63, 3.8) is 0 Å². The third kappa shape index (κ3) is 2.02. The number of hydrogen-bond donors (Lipinski definition) is 0. The molecule has 1 heterocycles. The summed E-state index contributed by atoms with van der Waals surface area (Å²) in [5, 5.41) is 4.22. The molecule has 0 saturated heterocycles. The van der Waals surface area contributed by atoms with Gasteiger partial charge < -0.3 is 4.74 Å². The first-order chi connectivity index (χ1) is 7.20. The number of nitrogens with zero attached hydrogens (tertiary/aromatic N) is 3. The third-order valence-electron chi connectivity index (χ3n) is 2.01. The molecule has 0 aliphatic heterocycles. The molecule has 2 rings (SSSR count). The van der Waals surface area contributed by atoms with Gasteiger partial charge in [-0.3, -0.25) is 0 Å². The fraction of sp³-hybridized carbons (Fsp3) is 0.200. The van der Waals surface area contributed by atoms with Crippen molar-refractivity contribution >= 4 is 15.9 Å². The van der Waals surface area contributed by atoms with Crippen LogP contribution in [0.25, 0.3) is 5.69 Å². The second-order valence-electron chi connectivity index (χ2n) is 3.06. The van der Waals surface area contributed by atoms with Crippen molar-refractivity contribution < 1.29 is 4.74 Å². The Morgan fingerprint density at radius 3 is 2.73 bits per heavy atom. The number of aryl methyl sites for hydroxylation is 1. The Hall–Kier alpha value is -1.36. The van der Waals surface area contributed by atoms with Gasteiger partial charge in [0.2, 0.25) is 0 Å².